The smallest absolute Gasteiger partial charge is 0.252 e. The van der Waals surface area contributed by atoms with Gasteiger partial charge in [0.05, 0.1) is 5.56 Å². The number of rotatable bonds is 5. The third kappa shape index (κ3) is 4.38. The minimum atomic E-state index is -0.0268. The molecule has 1 aromatic heterocycles. The van der Waals surface area contributed by atoms with Crippen LogP contribution in [0.1, 0.15) is 48.9 Å². The number of carbonyl (C=O) groups is 1. The topological polar surface area (TPSA) is 51.2 Å². The van der Waals surface area contributed by atoms with Crippen molar-refractivity contribution in [2.75, 3.05) is 18.1 Å². The molecule has 2 fully saturated rings. The van der Waals surface area contributed by atoms with Crippen molar-refractivity contribution in [3.05, 3.63) is 23.9 Å². The van der Waals surface area contributed by atoms with Crippen LogP contribution in [0.25, 0.3) is 0 Å². The minimum absolute atomic E-state index is 0.0268. The van der Waals surface area contributed by atoms with E-state index in [2.05, 4.69) is 10.3 Å². The van der Waals surface area contributed by atoms with E-state index < -0.39 is 0 Å². The SMILES string of the molecule is O=C(NCC1CCCCC1)c1ccc(OC2CCSC2)nc1. The number of nitrogens with zero attached hydrogens (tertiary/aromatic N) is 1. The van der Waals surface area contributed by atoms with E-state index >= 15 is 0 Å². The summed E-state index contributed by atoms with van der Waals surface area (Å²) in [6.45, 7) is 0.788. The summed E-state index contributed by atoms with van der Waals surface area (Å²) in [6, 6.07) is 3.61. The van der Waals surface area contributed by atoms with Gasteiger partial charge in [-0.25, -0.2) is 4.98 Å². The standard InChI is InChI=1S/C17H24N2O2S/c20-17(19-10-13-4-2-1-3-5-13)14-6-7-16(18-11-14)21-15-8-9-22-12-15/h6-7,11,13,15H,1-5,8-10,12H2,(H,19,20). The average molecular weight is 320 g/mol. The Hall–Kier alpha value is -1.23. The predicted molar refractivity (Wildman–Crippen MR) is 89.5 cm³/mol. The number of hydrogen-bond donors (Lipinski definition) is 1. The Morgan fingerprint density at radius 1 is 1.27 bits per heavy atom. The maximum absolute atomic E-state index is 12.1. The van der Waals surface area contributed by atoms with Gasteiger partial charge >= 0.3 is 0 Å². The van der Waals surface area contributed by atoms with Crippen LogP contribution in [-0.2, 0) is 0 Å². The molecule has 2 aliphatic rings. The Bertz CT molecular complexity index is 480. The Morgan fingerprint density at radius 3 is 2.82 bits per heavy atom. The van der Waals surface area contributed by atoms with Crippen molar-refractivity contribution in [3.8, 4) is 5.88 Å². The van der Waals surface area contributed by atoms with Crippen molar-refractivity contribution in [2.45, 2.75) is 44.6 Å². The van der Waals surface area contributed by atoms with Crippen molar-refractivity contribution < 1.29 is 9.53 Å². The number of amides is 1. The second-order valence-electron chi connectivity index (χ2n) is 6.20. The molecule has 5 heteroatoms. The molecular weight excluding hydrogens is 296 g/mol. The molecule has 4 nitrogen and oxygen atoms in total. The first-order valence-electron chi connectivity index (χ1n) is 8.30. The molecule has 2 heterocycles. The summed E-state index contributed by atoms with van der Waals surface area (Å²) in [5, 5.41) is 3.04. The summed E-state index contributed by atoms with van der Waals surface area (Å²) in [6.07, 6.45) is 9.39. The van der Waals surface area contributed by atoms with Crippen molar-refractivity contribution in [1.29, 1.82) is 0 Å². The molecule has 1 saturated carbocycles. The van der Waals surface area contributed by atoms with Crippen molar-refractivity contribution >= 4 is 17.7 Å². The van der Waals surface area contributed by atoms with Gasteiger partial charge in [0.15, 0.2) is 0 Å². The molecule has 1 aliphatic carbocycles. The fourth-order valence-electron chi connectivity index (χ4n) is 3.09. The zero-order chi connectivity index (χ0) is 15.2. The molecule has 0 aromatic carbocycles. The van der Waals surface area contributed by atoms with Crippen molar-refractivity contribution in [3.63, 3.8) is 0 Å². The lowest BCUT2D eigenvalue weighted by Gasteiger charge is -2.21. The van der Waals surface area contributed by atoms with E-state index in [1.54, 1.807) is 18.3 Å². The highest BCUT2D eigenvalue weighted by Crippen LogP contribution is 2.23. The lowest BCUT2D eigenvalue weighted by Crippen LogP contribution is -2.30. The molecule has 1 aliphatic heterocycles. The van der Waals surface area contributed by atoms with Crippen molar-refractivity contribution in [1.82, 2.24) is 10.3 Å². The van der Waals surface area contributed by atoms with Gasteiger partial charge in [0, 0.05) is 24.6 Å². The maximum atomic E-state index is 12.1. The molecular formula is C17H24N2O2S. The van der Waals surface area contributed by atoms with E-state index in [9.17, 15) is 4.79 Å². The molecule has 1 atom stereocenters. The number of carbonyl (C=O) groups excluding carboxylic acids is 1. The van der Waals surface area contributed by atoms with Crippen LogP contribution in [-0.4, -0.2) is 35.0 Å². The summed E-state index contributed by atoms with van der Waals surface area (Å²) in [4.78, 5) is 16.4. The summed E-state index contributed by atoms with van der Waals surface area (Å²) in [5.41, 5.74) is 0.615. The van der Waals surface area contributed by atoms with Crippen LogP contribution in [0.4, 0.5) is 0 Å². The number of thioether (sulfide) groups is 1. The summed E-state index contributed by atoms with van der Waals surface area (Å²) < 4.78 is 5.80. The monoisotopic (exact) mass is 320 g/mol. The first-order valence-corrected chi connectivity index (χ1v) is 9.45. The van der Waals surface area contributed by atoms with Crippen LogP contribution in [0.2, 0.25) is 0 Å². The van der Waals surface area contributed by atoms with E-state index in [-0.39, 0.29) is 12.0 Å². The highest BCUT2D eigenvalue weighted by Gasteiger charge is 2.18. The van der Waals surface area contributed by atoms with Crippen LogP contribution in [0.3, 0.4) is 0 Å². The maximum Gasteiger partial charge on any atom is 0.252 e. The lowest BCUT2D eigenvalue weighted by molar-refractivity contribution is 0.0943. The quantitative estimate of drug-likeness (QED) is 0.904. The molecule has 1 saturated heterocycles. The van der Waals surface area contributed by atoms with Crippen LogP contribution < -0.4 is 10.1 Å². The normalized spacial score (nSPS) is 22.5. The van der Waals surface area contributed by atoms with Gasteiger partial charge in [0.2, 0.25) is 5.88 Å². The Kier molecular flexibility index (Phi) is 5.59. The Morgan fingerprint density at radius 2 is 2.14 bits per heavy atom. The first-order chi connectivity index (χ1) is 10.8. The third-order valence-corrected chi connectivity index (χ3v) is 5.58. The van der Waals surface area contributed by atoms with Crippen LogP contribution in [0.15, 0.2) is 18.3 Å². The third-order valence-electron chi connectivity index (χ3n) is 4.45. The van der Waals surface area contributed by atoms with E-state index in [0.29, 0.717) is 17.4 Å². The second-order valence-corrected chi connectivity index (χ2v) is 7.35. The lowest BCUT2D eigenvalue weighted by atomic mass is 9.89. The van der Waals surface area contributed by atoms with Crippen LogP contribution in [0.5, 0.6) is 5.88 Å². The fraction of sp³-hybridized carbons (Fsp3) is 0.647. The van der Waals surface area contributed by atoms with Gasteiger partial charge in [-0.1, -0.05) is 19.3 Å². The van der Waals surface area contributed by atoms with Gasteiger partial charge in [0.1, 0.15) is 6.10 Å². The summed E-state index contributed by atoms with van der Waals surface area (Å²) >= 11 is 1.91. The summed E-state index contributed by atoms with van der Waals surface area (Å²) in [5.74, 6) is 3.43. The fourth-order valence-corrected chi connectivity index (χ4v) is 4.19. The zero-order valence-corrected chi connectivity index (χ0v) is 13.7. The average Bonchev–Trinajstić information content (AvgIpc) is 3.07. The highest BCUT2D eigenvalue weighted by atomic mass is 32.2. The molecule has 0 radical (unpaired) electrons. The second kappa shape index (κ2) is 7.86. The van der Waals surface area contributed by atoms with Gasteiger partial charge in [-0.05, 0) is 37.0 Å². The zero-order valence-electron chi connectivity index (χ0n) is 12.9. The Labute approximate surface area is 136 Å². The molecule has 120 valence electrons. The number of nitrogens with one attached hydrogen (secondary N) is 1. The van der Waals surface area contributed by atoms with E-state index in [1.807, 2.05) is 11.8 Å². The molecule has 3 rings (SSSR count). The molecule has 1 amide bonds. The van der Waals surface area contributed by atoms with Gasteiger partial charge < -0.3 is 10.1 Å². The van der Waals surface area contributed by atoms with Gasteiger partial charge in [0.25, 0.3) is 5.91 Å². The van der Waals surface area contributed by atoms with Crippen LogP contribution in [0, 0.1) is 5.92 Å². The first kappa shape index (κ1) is 15.7. The molecule has 1 unspecified atom stereocenters. The summed E-state index contributed by atoms with van der Waals surface area (Å²) in [7, 11) is 0. The largest absolute Gasteiger partial charge is 0.473 e. The van der Waals surface area contributed by atoms with Crippen molar-refractivity contribution in [2.24, 2.45) is 5.92 Å². The number of ether oxygens (including phenoxy) is 1. The highest BCUT2D eigenvalue weighted by molar-refractivity contribution is 7.99. The molecule has 1 aromatic rings. The van der Waals surface area contributed by atoms with Crippen LogP contribution >= 0.6 is 11.8 Å². The van der Waals surface area contributed by atoms with Gasteiger partial charge in [-0.15, -0.1) is 0 Å². The van der Waals surface area contributed by atoms with E-state index in [4.69, 9.17) is 4.74 Å². The number of hydrogen-bond acceptors (Lipinski definition) is 4. The minimum Gasteiger partial charge on any atom is -0.473 e. The number of pyridine rings is 1. The predicted octanol–water partition coefficient (Wildman–Crippen LogP) is 3.28. The molecule has 1 N–H and O–H groups in total. The molecule has 0 spiro atoms. The van der Waals surface area contributed by atoms with Gasteiger partial charge in [-0.2, -0.15) is 11.8 Å². The van der Waals surface area contributed by atoms with Gasteiger partial charge in [-0.3, -0.25) is 4.79 Å². The number of aromatic nitrogens is 1. The molecule has 0 bridgehead atoms. The van der Waals surface area contributed by atoms with E-state index in [1.165, 1.54) is 32.1 Å². The molecule has 22 heavy (non-hydrogen) atoms. The van der Waals surface area contributed by atoms with E-state index in [0.717, 1.165) is 24.5 Å². The Balaban J connectivity index is 1.47.